The minimum atomic E-state index is -0.249. The molecule has 0 saturated carbocycles. The Hall–Kier alpha value is -0.610. The van der Waals surface area contributed by atoms with Crippen molar-refractivity contribution in [1.82, 2.24) is 10.2 Å². The highest BCUT2D eigenvalue weighted by molar-refractivity contribution is 5.80. The number of piperazine rings is 1. The summed E-state index contributed by atoms with van der Waals surface area (Å²) >= 11 is 0. The number of hydrogen-bond donors (Lipinski definition) is 2. The Morgan fingerprint density at radius 2 is 2.29 bits per heavy atom. The number of nitrogens with one attached hydrogen (secondary N) is 1. The van der Waals surface area contributed by atoms with Crippen LogP contribution in [0.1, 0.15) is 27.2 Å². The SMILES string of the molecule is CCC(C)(C)N1CCNC(C(N)=O)C1. The summed E-state index contributed by atoms with van der Waals surface area (Å²) in [7, 11) is 0. The van der Waals surface area contributed by atoms with Crippen LogP contribution in [0.5, 0.6) is 0 Å². The van der Waals surface area contributed by atoms with E-state index in [0.717, 1.165) is 26.1 Å². The number of nitrogens with zero attached hydrogens (tertiary/aromatic N) is 1. The zero-order valence-corrected chi connectivity index (χ0v) is 9.34. The molecule has 0 aromatic carbocycles. The van der Waals surface area contributed by atoms with Gasteiger partial charge in [0.05, 0.1) is 6.04 Å². The molecule has 1 aliphatic heterocycles. The monoisotopic (exact) mass is 199 g/mol. The van der Waals surface area contributed by atoms with Crippen molar-refractivity contribution in [2.45, 2.75) is 38.8 Å². The van der Waals surface area contributed by atoms with Crippen molar-refractivity contribution in [2.24, 2.45) is 5.73 Å². The second kappa shape index (κ2) is 4.28. The van der Waals surface area contributed by atoms with Gasteiger partial charge in [-0.2, -0.15) is 0 Å². The third-order valence-corrected chi connectivity index (χ3v) is 3.24. The number of nitrogens with two attached hydrogens (primary N) is 1. The van der Waals surface area contributed by atoms with Crippen molar-refractivity contribution < 1.29 is 4.79 Å². The van der Waals surface area contributed by atoms with Crippen molar-refractivity contribution in [3.63, 3.8) is 0 Å². The molecule has 0 aliphatic carbocycles. The van der Waals surface area contributed by atoms with Crippen LogP contribution in [0, 0.1) is 0 Å². The standard InChI is InChI=1S/C10H21N3O/c1-4-10(2,3)13-6-5-12-8(7-13)9(11)14/h8,12H,4-7H2,1-3H3,(H2,11,14). The van der Waals surface area contributed by atoms with Crippen LogP contribution in [0.4, 0.5) is 0 Å². The first kappa shape index (κ1) is 11.5. The van der Waals surface area contributed by atoms with Gasteiger partial charge < -0.3 is 11.1 Å². The van der Waals surface area contributed by atoms with Gasteiger partial charge in [-0.25, -0.2) is 0 Å². The normalized spacial score (nSPS) is 24.9. The quantitative estimate of drug-likeness (QED) is 0.669. The van der Waals surface area contributed by atoms with E-state index in [1.807, 2.05) is 0 Å². The van der Waals surface area contributed by atoms with Crippen LogP contribution in [-0.4, -0.2) is 42.0 Å². The fourth-order valence-electron chi connectivity index (χ4n) is 1.71. The van der Waals surface area contributed by atoms with Gasteiger partial charge in [0.1, 0.15) is 0 Å². The number of amides is 1. The Morgan fingerprint density at radius 3 is 2.79 bits per heavy atom. The lowest BCUT2D eigenvalue weighted by atomic mass is 9.97. The van der Waals surface area contributed by atoms with Crippen molar-refractivity contribution in [3.05, 3.63) is 0 Å². The highest BCUT2D eigenvalue weighted by atomic mass is 16.1. The second-order valence-corrected chi connectivity index (χ2v) is 4.52. The van der Waals surface area contributed by atoms with Crippen molar-refractivity contribution in [1.29, 1.82) is 0 Å². The molecule has 0 aromatic rings. The highest BCUT2D eigenvalue weighted by Gasteiger charge is 2.31. The molecule has 4 nitrogen and oxygen atoms in total. The molecule has 1 rings (SSSR count). The van der Waals surface area contributed by atoms with Crippen LogP contribution in [0.2, 0.25) is 0 Å². The molecule has 0 bridgehead atoms. The van der Waals surface area contributed by atoms with Crippen LogP contribution in [0.15, 0.2) is 0 Å². The number of rotatable bonds is 3. The first-order chi connectivity index (χ1) is 6.47. The minimum absolute atomic E-state index is 0.163. The number of primary amides is 1. The van der Waals surface area contributed by atoms with Gasteiger partial charge in [-0.3, -0.25) is 9.69 Å². The van der Waals surface area contributed by atoms with E-state index >= 15 is 0 Å². The summed E-state index contributed by atoms with van der Waals surface area (Å²) < 4.78 is 0. The van der Waals surface area contributed by atoms with Gasteiger partial charge in [-0.1, -0.05) is 6.92 Å². The zero-order chi connectivity index (χ0) is 10.8. The predicted molar refractivity (Wildman–Crippen MR) is 56.9 cm³/mol. The van der Waals surface area contributed by atoms with Crippen molar-refractivity contribution in [3.8, 4) is 0 Å². The third-order valence-electron chi connectivity index (χ3n) is 3.24. The maximum atomic E-state index is 11.0. The summed E-state index contributed by atoms with van der Waals surface area (Å²) in [5.41, 5.74) is 5.45. The minimum Gasteiger partial charge on any atom is -0.368 e. The van der Waals surface area contributed by atoms with E-state index < -0.39 is 0 Å². The molecule has 4 heteroatoms. The van der Waals surface area contributed by atoms with E-state index in [9.17, 15) is 4.79 Å². The molecule has 1 saturated heterocycles. The van der Waals surface area contributed by atoms with Crippen molar-refractivity contribution >= 4 is 5.91 Å². The fraction of sp³-hybridized carbons (Fsp3) is 0.900. The molecule has 1 heterocycles. The molecule has 3 N–H and O–H groups in total. The molecule has 0 spiro atoms. The molecule has 1 aliphatic rings. The van der Waals surface area contributed by atoms with Gasteiger partial charge in [0, 0.05) is 25.2 Å². The maximum absolute atomic E-state index is 11.0. The molecule has 1 fully saturated rings. The summed E-state index contributed by atoms with van der Waals surface area (Å²) in [5.74, 6) is -0.249. The Labute approximate surface area is 85.8 Å². The van der Waals surface area contributed by atoms with E-state index in [4.69, 9.17) is 5.73 Å². The number of hydrogen-bond acceptors (Lipinski definition) is 3. The Balaban J connectivity index is 2.60. The number of carbonyl (C=O) groups excluding carboxylic acids is 1. The summed E-state index contributed by atoms with van der Waals surface area (Å²) in [4.78, 5) is 13.4. The zero-order valence-electron chi connectivity index (χ0n) is 9.34. The fourth-order valence-corrected chi connectivity index (χ4v) is 1.71. The highest BCUT2D eigenvalue weighted by Crippen LogP contribution is 2.19. The lowest BCUT2D eigenvalue weighted by molar-refractivity contribution is -0.121. The average Bonchev–Trinajstić information content (AvgIpc) is 2.18. The van der Waals surface area contributed by atoms with Crippen molar-refractivity contribution in [2.75, 3.05) is 19.6 Å². The number of carbonyl (C=O) groups is 1. The van der Waals surface area contributed by atoms with Gasteiger partial charge in [0.25, 0.3) is 0 Å². The van der Waals surface area contributed by atoms with Gasteiger partial charge in [0.15, 0.2) is 0 Å². The second-order valence-electron chi connectivity index (χ2n) is 4.52. The Kier molecular flexibility index (Phi) is 3.50. The van der Waals surface area contributed by atoms with E-state index in [0.29, 0.717) is 0 Å². The topological polar surface area (TPSA) is 58.4 Å². The van der Waals surface area contributed by atoms with E-state index in [2.05, 4.69) is 31.0 Å². The van der Waals surface area contributed by atoms with E-state index in [1.165, 1.54) is 0 Å². The van der Waals surface area contributed by atoms with E-state index in [1.54, 1.807) is 0 Å². The van der Waals surface area contributed by atoms with Crippen LogP contribution in [0.3, 0.4) is 0 Å². The molecule has 0 aromatic heterocycles. The molecule has 1 unspecified atom stereocenters. The molecule has 0 radical (unpaired) electrons. The van der Waals surface area contributed by atoms with Gasteiger partial charge in [-0.15, -0.1) is 0 Å². The average molecular weight is 199 g/mol. The largest absolute Gasteiger partial charge is 0.368 e. The molecule has 82 valence electrons. The maximum Gasteiger partial charge on any atom is 0.235 e. The van der Waals surface area contributed by atoms with Crippen LogP contribution in [-0.2, 0) is 4.79 Å². The summed E-state index contributed by atoms with van der Waals surface area (Å²) in [6.45, 7) is 9.14. The Morgan fingerprint density at radius 1 is 1.64 bits per heavy atom. The van der Waals surface area contributed by atoms with Crippen LogP contribution in [0.25, 0.3) is 0 Å². The molecular formula is C10H21N3O. The molecular weight excluding hydrogens is 178 g/mol. The van der Waals surface area contributed by atoms with Crippen LogP contribution < -0.4 is 11.1 Å². The summed E-state index contributed by atoms with van der Waals surface area (Å²) in [5, 5.41) is 3.13. The lowest BCUT2D eigenvalue weighted by Gasteiger charge is -2.42. The molecule has 1 amide bonds. The first-order valence-corrected chi connectivity index (χ1v) is 5.25. The lowest BCUT2D eigenvalue weighted by Crippen LogP contribution is -2.60. The first-order valence-electron chi connectivity index (χ1n) is 5.25. The smallest absolute Gasteiger partial charge is 0.235 e. The predicted octanol–water partition coefficient (Wildman–Crippen LogP) is -0.0659. The summed E-state index contributed by atoms with van der Waals surface area (Å²) in [6, 6.07) is -0.186. The molecule has 14 heavy (non-hydrogen) atoms. The summed E-state index contributed by atoms with van der Waals surface area (Å²) in [6.07, 6.45) is 1.08. The molecule has 1 atom stereocenters. The van der Waals surface area contributed by atoms with Crippen LogP contribution >= 0.6 is 0 Å². The third kappa shape index (κ3) is 2.45. The van der Waals surface area contributed by atoms with Gasteiger partial charge in [-0.05, 0) is 20.3 Å². The van der Waals surface area contributed by atoms with Gasteiger partial charge >= 0.3 is 0 Å². The Bertz CT molecular complexity index is 215. The van der Waals surface area contributed by atoms with E-state index in [-0.39, 0.29) is 17.5 Å². The van der Waals surface area contributed by atoms with Gasteiger partial charge in [0.2, 0.25) is 5.91 Å².